The van der Waals surface area contributed by atoms with Gasteiger partial charge >= 0.3 is 0 Å². The summed E-state index contributed by atoms with van der Waals surface area (Å²) in [7, 11) is 2.80. The Bertz CT molecular complexity index is 899. The number of rotatable bonds is 8. The van der Waals surface area contributed by atoms with Gasteiger partial charge in [0.05, 0.1) is 42.7 Å². The third-order valence-corrected chi connectivity index (χ3v) is 4.26. The summed E-state index contributed by atoms with van der Waals surface area (Å²) in [6.45, 7) is 3.69. The molecular weight excluding hydrogens is 386 g/mol. The van der Waals surface area contributed by atoms with Crippen LogP contribution in [0.2, 0.25) is 0 Å². The van der Waals surface area contributed by atoms with Crippen LogP contribution in [0.4, 0.5) is 5.69 Å². The molecule has 1 heterocycles. The Hall–Kier alpha value is -3.21. The van der Waals surface area contributed by atoms with Crippen LogP contribution in [-0.2, 0) is 4.79 Å². The Morgan fingerprint density at radius 3 is 2.39 bits per heavy atom. The van der Waals surface area contributed by atoms with E-state index in [1.165, 1.54) is 44.3 Å². The first-order chi connectivity index (χ1) is 13.3. The number of nitrogens with one attached hydrogen (secondary N) is 1. The van der Waals surface area contributed by atoms with Crippen molar-refractivity contribution in [2.75, 3.05) is 20.0 Å². The lowest BCUT2D eigenvalue weighted by molar-refractivity contribution is -0.385. The monoisotopic (exact) mass is 405 g/mol. The topological polar surface area (TPSA) is 129 Å². The van der Waals surface area contributed by atoms with Crippen LogP contribution in [0.3, 0.4) is 0 Å². The van der Waals surface area contributed by atoms with Gasteiger partial charge in [-0.3, -0.25) is 14.9 Å². The summed E-state index contributed by atoms with van der Waals surface area (Å²) in [4.78, 5) is 31.1. The summed E-state index contributed by atoms with van der Waals surface area (Å²) < 4.78 is 10.2. The molecule has 0 unspecified atom stereocenters. The molecule has 0 aliphatic rings. The smallest absolute Gasteiger partial charge is 0.282 e. The molecule has 0 spiro atoms. The second kappa shape index (κ2) is 9.65. The highest BCUT2D eigenvalue weighted by molar-refractivity contribution is 7.99. The largest absolute Gasteiger partial charge is 0.493 e. The number of nitro benzene ring substituents is 1. The van der Waals surface area contributed by atoms with Crippen LogP contribution in [0.1, 0.15) is 17.0 Å². The van der Waals surface area contributed by atoms with E-state index in [9.17, 15) is 14.9 Å². The Labute approximate surface area is 165 Å². The second-order valence-corrected chi connectivity index (χ2v) is 6.48. The molecule has 0 saturated heterocycles. The lowest BCUT2D eigenvalue weighted by atomic mass is 10.1. The number of nitro groups is 1. The first-order valence-corrected chi connectivity index (χ1v) is 9.00. The minimum atomic E-state index is -0.571. The molecule has 2 rings (SSSR count). The van der Waals surface area contributed by atoms with Gasteiger partial charge in [-0.25, -0.2) is 15.4 Å². The highest BCUT2D eigenvalue weighted by Gasteiger charge is 2.18. The normalized spacial score (nSPS) is 10.7. The molecule has 1 amide bonds. The van der Waals surface area contributed by atoms with Crippen LogP contribution in [0.15, 0.2) is 28.5 Å². The van der Waals surface area contributed by atoms with Crippen LogP contribution in [0.5, 0.6) is 11.5 Å². The van der Waals surface area contributed by atoms with Crippen molar-refractivity contribution in [3.63, 3.8) is 0 Å². The van der Waals surface area contributed by atoms with Crippen LogP contribution in [-0.4, -0.2) is 47.0 Å². The number of thioether (sulfide) groups is 1. The van der Waals surface area contributed by atoms with Gasteiger partial charge in [-0.2, -0.15) is 5.10 Å². The van der Waals surface area contributed by atoms with E-state index in [0.29, 0.717) is 10.9 Å². The summed E-state index contributed by atoms with van der Waals surface area (Å²) in [6, 6.07) is 4.48. The molecule has 0 aliphatic heterocycles. The summed E-state index contributed by atoms with van der Waals surface area (Å²) in [5.74, 6) is 0.185. The van der Waals surface area contributed by atoms with Gasteiger partial charge in [0.2, 0.25) is 0 Å². The maximum Gasteiger partial charge on any atom is 0.282 e. The second-order valence-electron chi connectivity index (χ2n) is 5.54. The van der Waals surface area contributed by atoms with Crippen LogP contribution in [0, 0.1) is 24.0 Å². The SMILES string of the molecule is COc1cc(/C=N\NC(=O)CSc2nc(C)cc(C)n2)c([N+](=O)[O-])cc1OC. The Morgan fingerprint density at radius 1 is 1.21 bits per heavy atom. The van der Waals surface area contributed by atoms with Crippen molar-refractivity contribution in [2.45, 2.75) is 19.0 Å². The van der Waals surface area contributed by atoms with Crippen molar-refractivity contribution >= 4 is 29.6 Å². The van der Waals surface area contributed by atoms with E-state index in [1.54, 1.807) is 0 Å². The lowest BCUT2D eigenvalue weighted by Gasteiger charge is -2.08. The number of aromatic nitrogens is 2. The van der Waals surface area contributed by atoms with Crippen molar-refractivity contribution in [1.29, 1.82) is 0 Å². The van der Waals surface area contributed by atoms with E-state index in [4.69, 9.17) is 9.47 Å². The van der Waals surface area contributed by atoms with E-state index >= 15 is 0 Å². The highest BCUT2D eigenvalue weighted by Crippen LogP contribution is 2.33. The molecule has 2 aromatic rings. The van der Waals surface area contributed by atoms with Crippen molar-refractivity contribution in [2.24, 2.45) is 5.10 Å². The van der Waals surface area contributed by atoms with Gasteiger partial charge < -0.3 is 9.47 Å². The fourth-order valence-electron chi connectivity index (χ4n) is 2.24. The molecule has 0 bridgehead atoms. The molecule has 148 valence electrons. The number of hydrogen-bond acceptors (Lipinski definition) is 9. The van der Waals surface area contributed by atoms with Crippen molar-refractivity contribution < 1.29 is 19.2 Å². The number of carbonyl (C=O) groups is 1. The number of hydrogen-bond donors (Lipinski definition) is 1. The molecule has 1 aromatic heterocycles. The predicted molar refractivity (Wildman–Crippen MR) is 104 cm³/mol. The molecule has 0 atom stereocenters. The average molecular weight is 405 g/mol. The Kier molecular flexibility index (Phi) is 7.27. The Balaban J connectivity index is 2.05. The fourth-order valence-corrected chi connectivity index (χ4v) is 2.98. The van der Waals surface area contributed by atoms with Gasteiger partial charge in [-0.15, -0.1) is 0 Å². The number of methoxy groups -OCH3 is 2. The van der Waals surface area contributed by atoms with Gasteiger partial charge in [-0.1, -0.05) is 11.8 Å². The van der Waals surface area contributed by atoms with Gasteiger partial charge in [0.1, 0.15) is 0 Å². The summed E-state index contributed by atoms with van der Waals surface area (Å²) in [5.41, 5.74) is 3.88. The molecule has 1 aromatic carbocycles. The van der Waals surface area contributed by atoms with Gasteiger partial charge in [0.25, 0.3) is 11.6 Å². The minimum Gasteiger partial charge on any atom is -0.493 e. The molecule has 11 heteroatoms. The van der Waals surface area contributed by atoms with Crippen molar-refractivity contribution in [3.8, 4) is 11.5 Å². The first-order valence-electron chi connectivity index (χ1n) is 8.01. The zero-order chi connectivity index (χ0) is 20.7. The minimum absolute atomic E-state index is 0.0499. The zero-order valence-corrected chi connectivity index (χ0v) is 16.6. The molecule has 1 N–H and O–H groups in total. The third-order valence-electron chi connectivity index (χ3n) is 3.42. The van der Waals surface area contributed by atoms with Crippen LogP contribution in [0.25, 0.3) is 0 Å². The molecule has 0 aliphatic carbocycles. The van der Waals surface area contributed by atoms with E-state index in [-0.39, 0.29) is 22.8 Å². The predicted octanol–water partition coefficient (Wildman–Crippen LogP) is 2.26. The summed E-state index contributed by atoms with van der Waals surface area (Å²) in [5, 5.41) is 15.5. The molecule has 10 nitrogen and oxygen atoms in total. The zero-order valence-electron chi connectivity index (χ0n) is 15.8. The molecular formula is C17H19N5O5S. The summed E-state index contributed by atoms with van der Waals surface area (Å²) in [6.07, 6.45) is 1.18. The number of ether oxygens (including phenoxy) is 2. The summed E-state index contributed by atoms with van der Waals surface area (Å²) >= 11 is 1.17. The fraction of sp³-hybridized carbons (Fsp3) is 0.294. The van der Waals surface area contributed by atoms with E-state index in [0.717, 1.165) is 11.4 Å². The maximum atomic E-state index is 11.9. The highest BCUT2D eigenvalue weighted by atomic mass is 32.2. The molecule has 0 radical (unpaired) electrons. The molecule has 0 saturated carbocycles. The third kappa shape index (κ3) is 5.64. The maximum absolute atomic E-state index is 11.9. The van der Waals surface area contributed by atoms with E-state index in [1.807, 2.05) is 19.9 Å². The van der Waals surface area contributed by atoms with Gasteiger partial charge in [0, 0.05) is 11.4 Å². The van der Waals surface area contributed by atoms with Crippen molar-refractivity contribution in [3.05, 3.63) is 45.3 Å². The number of hydrazone groups is 1. The number of carbonyl (C=O) groups excluding carboxylic acids is 1. The van der Waals surface area contributed by atoms with Gasteiger partial charge in [0.15, 0.2) is 16.7 Å². The molecule has 28 heavy (non-hydrogen) atoms. The van der Waals surface area contributed by atoms with Crippen LogP contribution < -0.4 is 14.9 Å². The number of benzene rings is 1. The van der Waals surface area contributed by atoms with Crippen LogP contribution >= 0.6 is 11.8 Å². The standard InChI is InChI=1S/C17H19N5O5S/c1-10-5-11(2)20-17(19-10)28-9-16(23)21-18-8-12-6-14(26-3)15(27-4)7-13(12)22(24)25/h5-8H,9H2,1-4H3,(H,21,23)/b18-8-. The van der Waals surface area contributed by atoms with E-state index in [2.05, 4.69) is 20.5 Å². The quantitative estimate of drug-likeness (QED) is 0.233. The number of nitrogens with zero attached hydrogens (tertiary/aromatic N) is 4. The first kappa shape index (κ1) is 21.1. The Morgan fingerprint density at radius 2 is 1.82 bits per heavy atom. The molecule has 0 fully saturated rings. The average Bonchev–Trinajstić information content (AvgIpc) is 2.65. The van der Waals surface area contributed by atoms with Crippen molar-refractivity contribution in [1.82, 2.24) is 15.4 Å². The lowest BCUT2D eigenvalue weighted by Crippen LogP contribution is -2.20. The van der Waals surface area contributed by atoms with Gasteiger partial charge in [-0.05, 0) is 26.0 Å². The number of amides is 1. The van der Waals surface area contributed by atoms with E-state index < -0.39 is 10.8 Å². The number of aryl methyl sites for hydroxylation is 2.